The summed E-state index contributed by atoms with van der Waals surface area (Å²) in [5.41, 5.74) is 3.77. The minimum absolute atomic E-state index is 0.323. The van der Waals surface area contributed by atoms with E-state index in [9.17, 15) is 9.65 Å². The number of allylic oxidation sites excluding steroid dienone is 1. The third-order valence-electron chi connectivity index (χ3n) is 3.50. The largest absolute Gasteiger partial charge is 0.360 e. The first kappa shape index (κ1) is 15.9. The fourth-order valence-corrected chi connectivity index (χ4v) is 2.98. The molecule has 0 amide bonds. The lowest BCUT2D eigenvalue weighted by Gasteiger charge is -2.05. The van der Waals surface area contributed by atoms with Gasteiger partial charge in [0.05, 0.1) is 5.69 Å². The molecule has 5 heteroatoms. The Hall–Kier alpha value is -2.97. The maximum absolute atomic E-state index is 13.3. The molecule has 0 aliphatic rings. The lowest BCUT2D eigenvalue weighted by molar-refractivity contribution is 0.628. The van der Waals surface area contributed by atoms with Gasteiger partial charge < -0.3 is 5.32 Å². The van der Waals surface area contributed by atoms with Gasteiger partial charge in [0.1, 0.15) is 22.5 Å². The van der Waals surface area contributed by atoms with Gasteiger partial charge in [-0.2, -0.15) is 5.26 Å². The second kappa shape index (κ2) is 7.07. The Morgan fingerprint density at radius 2 is 2.04 bits per heavy atom. The first-order chi connectivity index (χ1) is 11.7. The molecule has 0 saturated carbocycles. The Bertz CT molecular complexity index is 923. The maximum Gasteiger partial charge on any atom is 0.136 e. The van der Waals surface area contributed by atoms with Gasteiger partial charge in [0.15, 0.2) is 0 Å². The predicted molar refractivity (Wildman–Crippen MR) is 95.9 cm³/mol. The molecule has 1 heterocycles. The standard InChI is InChI=1S/C19H14FN3S/c1-13-7-8-16(20)9-17(13)22-11-15(10-21)19-23-18(12-24-19)14-5-3-2-4-6-14/h2-9,11-12,22H,1H3/b15-11-. The van der Waals surface area contributed by atoms with Gasteiger partial charge in [0, 0.05) is 22.8 Å². The molecular formula is C19H14FN3S. The highest BCUT2D eigenvalue weighted by atomic mass is 32.1. The molecule has 0 bridgehead atoms. The molecule has 0 fully saturated rings. The summed E-state index contributed by atoms with van der Waals surface area (Å²) in [6.07, 6.45) is 1.56. The summed E-state index contributed by atoms with van der Waals surface area (Å²) in [4.78, 5) is 4.52. The minimum Gasteiger partial charge on any atom is -0.360 e. The molecular weight excluding hydrogens is 321 g/mol. The first-order valence-corrected chi connectivity index (χ1v) is 8.19. The van der Waals surface area contributed by atoms with Crippen LogP contribution in [-0.2, 0) is 0 Å². The monoisotopic (exact) mass is 335 g/mol. The van der Waals surface area contributed by atoms with Crippen molar-refractivity contribution in [2.75, 3.05) is 5.32 Å². The number of nitrogens with one attached hydrogen (secondary N) is 1. The number of nitriles is 1. The van der Waals surface area contributed by atoms with E-state index in [-0.39, 0.29) is 5.82 Å². The van der Waals surface area contributed by atoms with Gasteiger partial charge in [-0.25, -0.2) is 9.37 Å². The summed E-state index contributed by atoms with van der Waals surface area (Å²) in [5, 5.41) is 14.9. The molecule has 1 N–H and O–H groups in total. The third-order valence-corrected chi connectivity index (χ3v) is 4.37. The van der Waals surface area contributed by atoms with Crippen LogP contribution in [0.1, 0.15) is 10.6 Å². The average molecular weight is 335 g/mol. The lowest BCUT2D eigenvalue weighted by atomic mass is 10.2. The second-order valence-electron chi connectivity index (χ2n) is 5.18. The highest BCUT2D eigenvalue weighted by Gasteiger charge is 2.09. The van der Waals surface area contributed by atoms with Crippen LogP contribution in [0.25, 0.3) is 16.8 Å². The number of hydrogen-bond donors (Lipinski definition) is 1. The fourth-order valence-electron chi connectivity index (χ4n) is 2.18. The van der Waals surface area contributed by atoms with E-state index in [0.29, 0.717) is 16.3 Å². The van der Waals surface area contributed by atoms with Crippen LogP contribution >= 0.6 is 11.3 Å². The summed E-state index contributed by atoms with van der Waals surface area (Å²) in [5.74, 6) is -0.323. The first-order valence-electron chi connectivity index (χ1n) is 7.31. The Labute approximate surface area is 143 Å². The quantitative estimate of drug-likeness (QED) is 0.664. The molecule has 3 aromatic rings. The predicted octanol–water partition coefficient (Wildman–Crippen LogP) is 5.23. The number of benzene rings is 2. The van der Waals surface area contributed by atoms with Crippen molar-refractivity contribution >= 4 is 22.6 Å². The van der Waals surface area contributed by atoms with E-state index < -0.39 is 0 Å². The van der Waals surface area contributed by atoms with Crippen LogP contribution in [0.3, 0.4) is 0 Å². The number of aryl methyl sites for hydroxylation is 1. The Morgan fingerprint density at radius 3 is 2.79 bits per heavy atom. The summed E-state index contributed by atoms with van der Waals surface area (Å²) in [7, 11) is 0. The van der Waals surface area contributed by atoms with Crippen LogP contribution in [0.15, 0.2) is 60.1 Å². The SMILES string of the molecule is Cc1ccc(F)cc1N/C=C(/C#N)c1nc(-c2ccccc2)cs1. The van der Waals surface area contributed by atoms with Gasteiger partial charge in [0.2, 0.25) is 0 Å². The van der Waals surface area contributed by atoms with Crippen molar-refractivity contribution in [3.8, 4) is 17.3 Å². The van der Waals surface area contributed by atoms with E-state index in [4.69, 9.17) is 0 Å². The highest BCUT2D eigenvalue weighted by molar-refractivity contribution is 7.11. The van der Waals surface area contributed by atoms with E-state index in [1.165, 1.54) is 23.5 Å². The van der Waals surface area contributed by atoms with E-state index in [1.54, 1.807) is 12.3 Å². The molecule has 0 aliphatic heterocycles. The molecule has 3 nitrogen and oxygen atoms in total. The number of aromatic nitrogens is 1. The molecule has 0 unspecified atom stereocenters. The lowest BCUT2D eigenvalue weighted by Crippen LogP contribution is -1.94. The molecule has 118 valence electrons. The Kier molecular flexibility index (Phi) is 4.69. The van der Waals surface area contributed by atoms with Crippen molar-refractivity contribution in [3.05, 3.63) is 76.5 Å². The van der Waals surface area contributed by atoms with Crippen LogP contribution < -0.4 is 5.32 Å². The number of hydrogen-bond acceptors (Lipinski definition) is 4. The maximum atomic E-state index is 13.3. The zero-order valence-electron chi connectivity index (χ0n) is 13.0. The molecule has 0 spiro atoms. The molecule has 1 aromatic heterocycles. The topological polar surface area (TPSA) is 48.7 Å². The summed E-state index contributed by atoms with van der Waals surface area (Å²) in [6.45, 7) is 1.87. The molecule has 0 radical (unpaired) electrons. The van der Waals surface area contributed by atoms with Crippen LogP contribution in [-0.4, -0.2) is 4.98 Å². The van der Waals surface area contributed by atoms with Crippen molar-refractivity contribution in [3.63, 3.8) is 0 Å². The third kappa shape index (κ3) is 3.50. The van der Waals surface area contributed by atoms with E-state index in [1.807, 2.05) is 42.6 Å². The van der Waals surface area contributed by atoms with Crippen LogP contribution in [0.4, 0.5) is 10.1 Å². The summed E-state index contributed by atoms with van der Waals surface area (Å²) < 4.78 is 13.3. The number of rotatable bonds is 4. The smallest absolute Gasteiger partial charge is 0.136 e. The number of thiazole rings is 1. The summed E-state index contributed by atoms with van der Waals surface area (Å²) in [6, 6.07) is 16.4. The van der Waals surface area contributed by atoms with E-state index in [0.717, 1.165) is 16.8 Å². The van der Waals surface area contributed by atoms with Crippen LogP contribution in [0, 0.1) is 24.1 Å². The normalized spacial score (nSPS) is 11.1. The zero-order chi connectivity index (χ0) is 16.9. The van der Waals surface area contributed by atoms with Crippen molar-refractivity contribution in [2.45, 2.75) is 6.92 Å². The van der Waals surface area contributed by atoms with Gasteiger partial charge in [-0.15, -0.1) is 11.3 Å². The Morgan fingerprint density at radius 1 is 1.25 bits per heavy atom. The molecule has 0 atom stereocenters. The van der Waals surface area contributed by atoms with Gasteiger partial charge in [0.25, 0.3) is 0 Å². The second-order valence-corrected chi connectivity index (χ2v) is 6.04. The van der Waals surface area contributed by atoms with Crippen molar-refractivity contribution < 1.29 is 4.39 Å². The van der Waals surface area contributed by atoms with Crippen LogP contribution in [0.5, 0.6) is 0 Å². The number of halogens is 1. The zero-order valence-corrected chi connectivity index (χ0v) is 13.8. The van der Waals surface area contributed by atoms with E-state index >= 15 is 0 Å². The van der Waals surface area contributed by atoms with Crippen molar-refractivity contribution in [1.82, 2.24) is 4.98 Å². The number of nitrogens with zero attached hydrogens (tertiary/aromatic N) is 2. The minimum atomic E-state index is -0.323. The highest BCUT2D eigenvalue weighted by Crippen LogP contribution is 2.26. The average Bonchev–Trinajstić information content (AvgIpc) is 3.09. The molecule has 24 heavy (non-hydrogen) atoms. The van der Waals surface area contributed by atoms with Crippen molar-refractivity contribution in [2.24, 2.45) is 0 Å². The molecule has 0 saturated heterocycles. The summed E-state index contributed by atoms with van der Waals surface area (Å²) >= 11 is 1.40. The van der Waals surface area contributed by atoms with Gasteiger partial charge in [-0.05, 0) is 24.6 Å². The van der Waals surface area contributed by atoms with Gasteiger partial charge in [-0.3, -0.25) is 0 Å². The molecule has 3 rings (SSSR count). The Balaban J connectivity index is 1.86. The van der Waals surface area contributed by atoms with Crippen molar-refractivity contribution in [1.29, 1.82) is 5.26 Å². The molecule has 0 aliphatic carbocycles. The van der Waals surface area contributed by atoms with E-state index in [2.05, 4.69) is 16.4 Å². The van der Waals surface area contributed by atoms with Gasteiger partial charge in [-0.1, -0.05) is 36.4 Å². The molecule has 2 aromatic carbocycles. The van der Waals surface area contributed by atoms with Gasteiger partial charge >= 0.3 is 0 Å². The number of anilines is 1. The van der Waals surface area contributed by atoms with Crippen LogP contribution in [0.2, 0.25) is 0 Å². The fraction of sp³-hybridized carbons (Fsp3) is 0.0526.